The molecule has 0 N–H and O–H groups in total. The highest BCUT2D eigenvalue weighted by molar-refractivity contribution is 5.40. The second kappa shape index (κ2) is 3.42. The zero-order chi connectivity index (χ0) is 10.9. The summed E-state index contributed by atoms with van der Waals surface area (Å²) in [6.45, 7) is 7.04. The van der Waals surface area contributed by atoms with Gasteiger partial charge in [-0.3, -0.25) is 0 Å². The zero-order valence-electron chi connectivity index (χ0n) is 8.98. The first kappa shape index (κ1) is 10.7. The van der Waals surface area contributed by atoms with Gasteiger partial charge in [0.25, 0.3) is 0 Å². The zero-order valence-corrected chi connectivity index (χ0v) is 8.98. The highest BCUT2D eigenvalue weighted by atomic mass is 19.1. The maximum absolute atomic E-state index is 13.5. The van der Waals surface area contributed by atoms with E-state index in [9.17, 15) is 4.39 Å². The predicted molar refractivity (Wildman–Crippen MR) is 54.5 cm³/mol. The fourth-order valence-corrected chi connectivity index (χ4v) is 1.56. The Hall–Kier alpha value is -1.36. The third-order valence-corrected chi connectivity index (χ3v) is 2.53. The van der Waals surface area contributed by atoms with Crippen molar-refractivity contribution in [3.63, 3.8) is 0 Å². The Morgan fingerprint density at radius 2 is 1.86 bits per heavy atom. The molecule has 0 bridgehead atoms. The van der Waals surface area contributed by atoms with E-state index in [4.69, 9.17) is 5.26 Å². The molecule has 1 rings (SSSR count). The molecule has 1 aromatic carbocycles. The van der Waals surface area contributed by atoms with Crippen LogP contribution in [-0.4, -0.2) is 0 Å². The molecule has 0 heterocycles. The van der Waals surface area contributed by atoms with Crippen molar-refractivity contribution in [3.8, 4) is 6.07 Å². The summed E-state index contributed by atoms with van der Waals surface area (Å²) >= 11 is 0. The second-order valence-electron chi connectivity index (χ2n) is 4.11. The molecule has 0 aromatic heterocycles. The number of halogens is 1. The number of nitriles is 1. The lowest BCUT2D eigenvalue weighted by Gasteiger charge is -2.19. The smallest absolute Gasteiger partial charge is 0.129 e. The van der Waals surface area contributed by atoms with E-state index in [2.05, 4.69) is 6.07 Å². The predicted octanol–water partition coefficient (Wildman–Crippen LogP) is 3.24. The minimum atomic E-state index is -0.626. The Morgan fingerprint density at radius 1 is 1.29 bits per heavy atom. The van der Waals surface area contributed by atoms with Crippen LogP contribution in [0.5, 0.6) is 0 Å². The van der Waals surface area contributed by atoms with E-state index in [0.717, 1.165) is 5.56 Å². The summed E-state index contributed by atoms with van der Waals surface area (Å²) in [5.41, 5.74) is 1.35. The molecule has 2 heteroatoms. The maximum Gasteiger partial charge on any atom is 0.129 e. The van der Waals surface area contributed by atoms with Gasteiger partial charge in [0.2, 0.25) is 0 Å². The molecule has 0 radical (unpaired) electrons. The number of rotatable bonds is 1. The van der Waals surface area contributed by atoms with Gasteiger partial charge in [0.05, 0.1) is 11.5 Å². The molecule has 74 valence electrons. The molecule has 0 saturated carbocycles. The molecule has 0 unspecified atom stereocenters. The van der Waals surface area contributed by atoms with Crippen molar-refractivity contribution in [1.82, 2.24) is 0 Å². The molecule has 0 saturated heterocycles. The normalized spacial score (nSPS) is 11.1. The van der Waals surface area contributed by atoms with Gasteiger partial charge in [-0.25, -0.2) is 4.39 Å². The third kappa shape index (κ3) is 1.63. The van der Waals surface area contributed by atoms with Crippen LogP contribution in [0, 0.1) is 31.0 Å². The molecule has 0 aliphatic rings. The SMILES string of the molecule is Cc1ccc(C(C)(C)C#N)c(C)c1F. The number of benzene rings is 1. The summed E-state index contributed by atoms with van der Waals surface area (Å²) in [6.07, 6.45) is 0. The van der Waals surface area contributed by atoms with Gasteiger partial charge in [-0.1, -0.05) is 12.1 Å². The van der Waals surface area contributed by atoms with Crippen LogP contribution in [0.2, 0.25) is 0 Å². The average Bonchev–Trinajstić information content (AvgIpc) is 2.14. The van der Waals surface area contributed by atoms with Gasteiger partial charge >= 0.3 is 0 Å². The summed E-state index contributed by atoms with van der Waals surface area (Å²) < 4.78 is 13.5. The Bertz CT molecular complexity index is 400. The number of hydrogen-bond acceptors (Lipinski definition) is 1. The van der Waals surface area contributed by atoms with Crippen LogP contribution in [0.4, 0.5) is 4.39 Å². The largest absolute Gasteiger partial charge is 0.206 e. The molecule has 0 spiro atoms. The molecular weight excluding hydrogens is 177 g/mol. The summed E-state index contributed by atoms with van der Waals surface area (Å²) in [4.78, 5) is 0. The van der Waals surface area contributed by atoms with Gasteiger partial charge in [-0.05, 0) is 44.4 Å². The quantitative estimate of drug-likeness (QED) is 0.668. The molecular formula is C12H14FN. The minimum absolute atomic E-state index is 0.203. The van der Waals surface area contributed by atoms with Crippen molar-refractivity contribution < 1.29 is 4.39 Å². The topological polar surface area (TPSA) is 23.8 Å². The maximum atomic E-state index is 13.5. The van der Waals surface area contributed by atoms with Crippen molar-refractivity contribution in [3.05, 3.63) is 34.6 Å². The van der Waals surface area contributed by atoms with Gasteiger partial charge in [0.1, 0.15) is 5.82 Å². The molecule has 0 aliphatic heterocycles. The van der Waals surface area contributed by atoms with E-state index in [0.29, 0.717) is 11.1 Å². The van der Waals surface area contributed by atoms with Gasteiger partial charge < -0.3 is 0 Å². The fourth-order valence-electron chi connectivity index (χ4n) is 1.56. The lowest BCUT2D eigenvalue weighted by Crippen LogP contribution is -2.16. The Labute approximate surface area is 84.2 Å². The van der Waals surface area contributed by atoms with Crippen molar-refractivity contribution in [1.29, 1.82) is 5.26 Å². The first-order valence-electron chi connectivity index (χ1n) is 4.57. The average molecular weight is 191 g/mol. The molecule has 0 aliphatic carbocycles. The Balaban J connectivity index is 3.41. The van der Waals surface area contributed by atoms with Crippen LogP contribution in [0.15, 0.2) is 12.1 Å². The number of aryl methyl sites for hydroxylation is 1. The van der Waals surface area contributed by atoms with Crippen molar-refractivity contribution in [2.45, 2.75) is 33.1 Å². The molecule has 1 aromatic rings. The summed E-state index contributed by atoms with van der Waals surface area (Å²) in [5.74, 6) is -0.203. The van der Waals surface area contributed by atoms with Crippen LogP contribution in [-0.2, 0) is 5.41 Å². The number of nitrogens with zero attached hydrogens (tertiary/aromatic N) is 1. The van der Waals surface area contributed by atoms with E-state index < -0.39 is 5.41 Å². The summed E-state index contributed by atoms with van der Waals surface area (Å²) in [7, 11) is 0. The molecule has 14 heavy (non-hydrogen) atoms. The Morgan fingerprint density at radius 3 is 2.36 bits per heavy atom. The van der Waals surface area contributed by atoms with E-state index in [1.165, 1.54) is 0 Å². The lowest BCUT2D eigenvalue weighted by molar-refractivity contribution is 0.592. The summed E-state index contributed by atoms with van der Waals surface area (Å²) in [6, 6.07) is 5.73. The van der Waals surface area contributed by atoms with Crippen molar-refractivity contribution in [2.24, 2.45) is 0 Å². The van der Waals surface area contributed by atoms with E-state index >= 15 is 0 Å². The van der Waals surface area contributed by atoms with Crippen molar-refractivity contribution >= 4 is 0 Å². The third-order valence-electron chi connectivity index (χ3n) is 2.53. The fraction of sp³-hybridized carbons (Fsp3) is 0.417. The molecule has 1 nitrogen and oxygen atoms in total. The van der Waals surface area contributed by atoms with Crippen LogP contribution in [0.3, 0.4) is 0 Å². The van der Waals surface area contributed by atoms with Crippen molar-refractivity contribution in [2.75, 3.05) is 0 Å². The second-order valence-corrected chi connectivity index (χ2v) is 4.11. The van der Waals surface area contributed by atoms with Crippen LogP contribution < -0.4 is 0 Å². The van der Waals surface area contributed by atoms with E-state index in [1.54, 1.807) is 33.8 Å². The van der Waals surface area contributed by atoms with Gasteiger partial charge in [0, 0.05) is 0 Å². The van der Waals surface area contributed by atoms with Gasteiger partial charge in [-0.2, -0.15) is 5.26 Å². The van der Waals surface area contributed by atoms with Crippen LogP contribution in [0.1, 0.15) is 30.5 Å². The first-order valence-corrected chi connectivity index (χ1v) is 4.57. The van der Waals surface area contributed by atoms with E-state index in [1.807, 2.05) is 6.07 Å². The molecule has 0 atom stereocenters. The van der Waals surface area contributed by atoms with Crippen LogP contribution >= 0.6 is 0 Å². The Kier molecular flexibility index (Phi) is 2.62. The molecule has 0 amide bonds. The van der Waals surface area contributed by atoms with Crippen LogP contribution in [0.25, 0.3) is 0 Å². The lowest BCUT2D eigenvalue weighted by atomic mass is 9.83. The number of hydrogen-bond donors (Lipinski definition) is 0. The van der Waals surface area contributed by atoms with Gasteiger partial charge in [-0.15, -0.1) is 0 Å². The van der Waals surface area contributed by atoms with Gasteiger partial charge in [0.15, 0.2) is 0 Å². The highest BCUT2D eigenvalue weighted by Gasteiger charge is 2.23. The minimum Gasteiger partial charge on any atom is -0.206 e. The monoisotopic (exact) mass is 191 g/mol. The summed E-state index contributed by atoms with van der Waals surface area (Å²) in [5, 5.41) is 8.96. The standard InChI is InChI=1S/C12H14FN/c1-8-5-6-10(9(2)11(8)13)12(3,4)7-14/h5-6H,1-4H3. The van der Waals surface area contributed by atoms with E-state index in [-0.39, 0.29) is 5.82 Å². The highest BCUT2D eigenvalue weighted by Crippen LogP contribution is 2.28. The molecule has 0 fully saturated rings. The first-order chi connectivity index (χ1) is 6.40.